The summed E-state index contributed by atoms with van der Waals surface area (Å²) in [4.78, 5) is 25.5. The van der Waals surface area contributed by atoms with Gasteiger partial charge in [0.05, 0.1) is 4.75 Å². The van der Waals surface area contributed by atoms with Crippen LogP contribution >= 0.6 is 0 Å². The molecule has 1 saturated carbocycles. The molecule has 0 aromatic heterocycles. The first-order valence-corrected chi connectivity index (χ1v) is 12.2. The number of benzene rings is 2. The molecule has 0 bridgehead atoms. The van der Waals surface area contributed by atoms with Crippen LogP contribution in [0.2, 0.25) is 0 Å². The molecule has 7 heteroatoms. The van der Waals surface area contributed by atoms with Crippen LogP contribution < -0.4 is 10.0 Å². The molecular formula is C24H28N2O4S. The molecule has 2 aromatic carbocycles. The van der Waals surface area contributed by atoms with Crippen LogP contribution in [0.5, 0.6) is 0 Å². The molecule has 164 valence electrons. The van der Waals surface area contributed by atoms with Crippen molar-refractivity contribution in [3.05, 3.63) is 53.6 Å². The fourth-order valence-corrected chi connectivity index (χ4v) is 5.25. The Kier molecular flexibility index (Phi) is 5.52. The number of hydrogen-bond acceptors (Lipinski definition) is 4. The Bertz CT molecular complexity index is 1140. The number of hydrogen-bond donors (Lipinski definition) is 2. The fraction of sp³-hybridized carbons (Fsp3) is 0.417. The van der Waals surface area contributed by atoms with Gasteiger partial charge in [-0.3, -0.25) is 9.59 Å². The van der Waals surface area contributed by atoms with E-state index in [1.807, 2.05) is 36.4 Å². The van der Waals surface area contributed by atoms with Crippen molar-refractivity contribution in [1.82, 2.24) is 4.72 Å². The summed E-state index contributed by atoms with van der Waals surface area (Å²) in [7, 11) is -3.40. The molecule has 2 aromatic rings. The Morgan fingerprint density at radius 3 is 2.16 bits per heavy atom. The molecule has 0 heterocycles. The second-order valence-electron chi connectivity index (χ2n) is 9.41. The molecular weight excluding hydrogens is 412 g/mol. The van der Waals surface area contributed by atoms with E-state index in [4.69, 9.17) is 0 Å². The standard InChI is InChI=1S/C24H28N2O4S/c1-24(2,3)31(29,30)26-16-10-8-15(9-11-16)23(28)25-17-12-13-19-18-6-4-5-7-20(18)22(27)21(19)14-17/h4-7,12-16,26H,8-11H2,1-3H3,(H,25,28)/t15-,16-. The summed E-state index contributed by atoms with van der Waals surface area (Å²) in [5.41, 5.74) is 3.73. The number of rotatable bonds is 4. The molecule has 1 fully saturated rings. The van der Waals surface area contributed by atoms with E-state index in [1.165, 1.54) is 0 Å². The zero-order chi connectivity index (χ0) is 22.4. The summed E-state index contributed by atoms with van der Waals surface area (Å²) in [5.74, 6) is -0.273. The molecule has 0 spiro atoms. The summed E-state index contributed by atoms with van der Waals surface area (Å²) >= 11 is 0. The Morgan fingerprint density at radius 1 is 0.903 bits per heavy atom. The highest BCUT2D eigenvalue weighted by molar-refractivity contribution is 7.90. The van der Waals surface area contributed by atoms with Crippen molar-refractivity contribution in [2.75, 3.05) is 5.32 Å². The average Bonchev–Trinajstić information content (AvgIpc) is 3.00. The molecule has 4 rings (SSSR count). The lowest BCUT2D eigenvalue weighted by molar-refractivity contribution is -0.120. The number of ketones is 1. The lowest BCUT2D eigenvalue weighted by Gasteiger charge is -2.30. The third-order valence-corrected chi connectivity index (χ3v) is 8.48. The van der Waals surface area contributed by atoms with Gasteiger partial charge in [-0.2, -0.15) is 0 Å². The minimum Gasteiger partial charge on any atom is -0.326 e. The maximum atomic E-state index is 12.8. The third kappa shape index (κ3) is 4.16. The minimum atomic E-state index is -3.40. The van der Waals surface area contributed by atoms with Crippen LogP contribution in [-0.4, -0.2) is 30.9 Å². The van der Waals surface area contributed by atoms with Crippen LogP contribution in [0, 0.1) is 5.92 Å². The van der Waals surface area contributed by atoms with E-state index in [0.29, 0.717) is 42.5 Å². The van der Waals surface area contributed by atoms with Gasteiger partial charge in [-0.25, -0.2) is 13.1 Å². The molecule has 0 atom stereocenters. The van der Waals surface area contributed by atoms with Gasteiger partial charge < -0.3 is 5.32 Å². The van der Waals surface area contributed by atoms with E-state index >= 15 is 0 Å². The monoisotopic (exact) mass is 440 g/mol. The highest BCUT2D eigenvalue weighted by atomic mass is 32.2. The number of nitrogens with one attached hydrogen (secondary N) is 2. The van der Waals surface area contributed by atoms with Crippen LogP contribution in [0.25, 0.3) is 11.1 Å². The normalized spacial score (nSPS) is 20.8. The predicted molar refractivity (Wildman–Crippen MR) is 121 cm³/mol. The van der Waals surface area contributed by atoms with E-state index in [-0.39, 0.29) is 23.7 Å². The smallest absolute Gasteiger partial charge is 0.227 e. The van der Waals surface area contributed by atoms with Crippen molar-refractivity contribution < 1.29 is 18.0 Å². The van der Waals surface area contributed by atoms with E-state index in [2.05, 4.69) is 10.0 Å². The molecule has 1 amide bonds. The highest BCUT2D eigenvalue weighted by Gasteiger charge is 2.34. The van der Waals surface area contributed by atoms with E-state index in [1.54, 1.807) is 26.8 Å². The SMILES string of the molecule is CC(C)(C)S(=O)(=O)N[C@H]1CC[C@H](C(=O)Nc2ccc3c(c2)C(=O)c2ccccc2-3)CC1. The van der Waals surface area contributed by atoms with Gasteiger partial charge in [0, 0.05) is 28.8 Å². The van der Waals surface area contributed by atoms with Gasteiger partial charge in [-0.15, -0.1) is 0 Å². The third-order valence-electron chi connectivity index (χ3n) is 6.22. The van der Waals surface area contributed by atoms with E-state index in [9.17, 15) is 18.0 Å². The predicted octanol–water partition coefficient (Wildman–Crippen LogP) is 4.11. The van der Waals surface area contributed by atoms with Crippen LogP contribution in [0.3, 0.4) is 0 Å². The van der Waals surface area contributed by atoms with Crippen molar-refractivity contribution in [3.8, 4) is 11.1 Å². The molecule has 2 aliphatic rings. The van der Waals surface area contributed by atoms with Crippen LogP contribution in [-0.2, 0) is 14.8 Å². The summed E-state index contributed by atoms with van der Waals surface area (Å²) < 4.78 is 26.7. The van der Waals surface area contributed by atoms with Gasteiger partial charge in [0.1, 0.15) is 0 Å². The Balaban J connectivity index is 1.38. The lowest BCUT2D eigenvalue weighted by atomic mass is 9.86. The van der Waals surface area contributed by atoms with E-state index < -0.39 is 14.8 Å². The largest absolute Gasteiger partial charge is 0.326 e. The first-order valence-electron chi connectivity index (χ1n) is 10.7. The van der Waals surface area contributed by atoms with Crippen LogP contribution in [0.4, 0.5) is 5.69 Å². The van der Waals surface area contributed by atoms with Gasteiger partial charge in [-0.05, 0) is 69.7 Å². The first-order chi connectivity index (χ1) is 14.6. The van der Waals surface area contributed by atoms with E-state index in [0.717, 1.165) is 11.1 Å². The zero-order valence-corrected chi connectivity index (χ0v) is 18.9. The Labute approximate surface area is 183 Å². The number of carbonyl (C=O) groups is 2. The topological polar surface area (TPSA) is 92.3 Å². The summed E-state index contributed by atoms with van der Waals surface area (Å²) in [5, 5.41) is 2.95. The molecule has 0 unspecified atom stereocenters. The molecule has 0 radical (unpaired) electrons. The number of fused-ring (bicyclic) bond motifs is 3. The van der Waals surface area contributed by atoms with Crippen molar-refractivity contribution in [1.29, 1.82) is 0 Å². The Hall–Kier alpha value is -2.51. The minimum absolute atomic E-state index is 0.0201. The van der Waals surface area contributed by atoms with Gasteiger partial charge >= 0.3 is 0 Å². The van der Waals surface area contributed by atoms with Crippen molar-refractivity contribution >= 4 is 27.4 Å². The van der Waals surface area contributed by atoms with Gasteiger partial charge in [0.25, 0.3) is 0 Å². The second kappa shape index (κ2) is 7.88. The molecule has 0 saturated heterocycles. The number of amides is 1. The summed E-state index contributed by atoms with van der Waals surface area (Å²) in [6, 6.07) is 12.8. The van der Waals surface area contributed by atoms with Gasteiger partial charge in [-0.1, -0.05) is 30.3 Å². The zero-order valence-electron chi connectivity index (χ0n) is 18.1. The number of sulfonamides is 1. The quantitative estimate of drug-likeness (QED) is 0.638. The first kappa shape index (κ1) is 21.7. The van der Waals surface area contributed by atoms with Gasteiger partial charge in [0.15, 0.2) is 5.78 Å². The summed E-state index contributed by atoms with van der Waals surface area (Å²) in [6.45, 7) is 5.02. The van der Waals surface area contributed by atoms with Crippen LogP contribution in [0.1, 0.15) is 62.4 Å². The maximum absolute atomic E-state index is 12.8. The molecule has 2 N–H and O–H groups in total. The van der Waals surface area contributed by atoms with Crippen molar-refractivity contribution in [2.45, 2.75) is 57.2 Å². The fourth-order valence-electron chi connectivity index (χ4n) is 4.22. The van der Waals surface area contributed by atoms with Crippen molar-refractivity contribution in [3.63, 3.8) is 0 Å². The van der Waals surface area contributed by atoms with Crippen LogP contribution in [0.15, 0.2) is 42.5 Å². The number of carbonyl (C=O) groups excluding carboxylic acids is 2. The number of anilines is 1. The second-order valence-corrected chi connectivity index (χ2v) is 11.9. The highest BCUT2D eigenvalue weighted by Crippen LogP contribution is 2.38. The maximum Gasteiger partial charge on any atom is 0.227 e. The molecule has 6 nitrogen and oxygen atoms in total. The molecule has 2 aliphatic carbocycles. The van der Waals surface area contributed by atoms with Gasteiger partial charge in [0.2, 0.25) is 15.9 Å². The Morgan fingerprint density at radius 2 is 1.52 bits per heavy atom. The van der Waals surface area contributed by atoms with Crippen molar-refractivity contribution in [2.24, 2.45) is 5.92 Å². The molecule has 0 aliphatic heterocycles. The molecule has 31 heavy (non-hydrogen) atoms. The average molecular weight is 441 g/mol. The summed E-state index contributed by atoms with van der Waals surface area (Å²) in [6.07, 6.45) is 2.51. The lowest BCUT2D eigenvalue weighted by Crippen LogP contribution is -2.46.